The third kappa shape index (κ3) is 4.44. The molecule has 5 nitrogen and oxygen atoms in total. The second kappa shape index (κ2) is 8.23. The fraction of sp³-hybridized carbons (Fsp3) is 0.400. The minimum absolute atomic E-state index is 0.00389. The van der Waals surface area contributed by atoms with Crippen molar-refractivity contribution in [2.45, 2.75) is 38.4 Å². The first-order chi connectivity index (χ1) is 12.2. The molecule has 1 aromatic carbocycles. The number of carbonyl (C=O) groups is 1. The van der Waals surface area contributed by atoms with Crippen molar-refractivity contribution in [3.05, 3.63) is 65.5 Å². The Bertz CT molecular complexity index is 679. The number of piperidine rings is 1. The minimum Gasteiger partial charge on any atom is -0.349 e. The molecular weight excluding hydrogens is 312 g/mol. The van der Waals surface area contributed by atoms with Gasteiger partial charge in [0, 0.05) is 49.7 Å². The van der Waals surface area contributed by atoms with Gasteiger partial charge in [0.25, 0.3) is 5.91 Å². The summed E-state index contributed by atoms with van der Waals surface area (Å²) in [6.07, 6.45) is 5.63. The van der Waals surface area contributed by atoms with Gasteiger partial charge in [-0.2, -0.15) is 0 Å². The lowest BCUT2D eigenvalue weighted by atomic mass is 10.0. The van der Waals surface area contributed by atoms with Gasteiger partial charge in [0.15, 0.2) is 0 Å². The normalized spacial score (nSPS) is 17.2. The molecule has 0 aliphatic carbocycles. The van der Waals surface area contributed by atoms with E-state index in [0.717, 1.165) is 31.5 Å². The van der Waals surface area contributed by atoms with Crippen LogP contribution in [0.25, 0.3) is 0 Å². The first-order valence-electron chi connectivity index (χ1n) is 8.91. The maximum atomic E-state index is 12.4. The second-order valence-corrected chi connectivity index (χ2v) is 6.64. The molecule has 2 aromatic rings. The van der Waals surface area contributed by atoms with Crippen molar-refractivity contribution >= 4 is 5.91 Å². The molecule has 1 fully saturated rings. The minimum atomic E-state index is 0.00389. The van der Waals surface area contributed by atoms with Crippen LogP contribution in [0.3, 0.4) is 0 Å². The van der Waals surface area contributed by atoms with E-state index in [2.05, 4.69) is 34.3 Å². The predicted molar refractivity (Wildman–Crippen MR) is 99.0 cm³/mol. The van der Waals surface area contributed by atoms with Crippen molar-refractivity contribution in [1.29, 1.82) is 0 Å². The topological polar surface area (TPSA) is 71.2 Å². The third-order valence-electron chi connectivity index (χ3n) is 5.05. The Kier molecular flexibility index (Phi) is 5.79. The van der Waals surface area contributed by atoms with Gasteiger partial charge in [-0.15, -0.1) is 0 Å². The molecule has 132 valence electrons. The van der Waals surface area contributed by atoms with Gasteiger partial charge in [-0.1, -0.05) is 12.1 Å². The highest BCUT2D eigenvalue weighted by molar-refractivity contribution is 5.94. The number of benzene rings is 1. The van der Waals surface area contributed by atoms with Gasteiger partial charge in [-0.3, -0.25) is 14.7 Å². The van der Waals surface area contributed by atoms with Crippen molar-refractivity contribution in [2.24, 2.45) is 5.73 Å². The molecule has 1 aliphatic rings. The van der Waals surface area contributed by atoms with Crippen LogP contribution < -0.4 is 11.1 Å². The molecule has 0 radical (unpaired) electrons. The van der Waals surface area contributed by atoms with Crippen LogP contribution in [-0.4, -0.2) is 34.9 Å². The summed E-state index contributed by atoms with van der Waals surface area (Å²) in [6, 6.07) is 12.3. The average molecular weight is 338 g/mol. The quantitative estimate of drug-likeness (QED) is 0.879. The fourth-order valence-electron chi connectivity index (χ4n) is 3.34. The van der Waals surface area contributed by atoms with Gasteiger partial charge in [0.1, 0.15) is 0 Å². The molecule has 5 heteroatoms. The maximum Gasteiger partial charge on any atom is 0.251 e. The molecule has 1 atom stereocenters. The molecule has 1 aromatic heterocycles. The third-order valence-corrected chi connectivity index (χ3v) is 5.05. The van der Waals surface area contributed by atoms with E-state index < -0.39 is 0 Å². The molecule has 1 aliphatic heterocycles. The monoisotopic (exact) mass is 338 g/mol. The van der Waals surface area contributed by atoms with Crippen molar-refractivity contribution in [2.75, 3.05) is 13.1 Å². The predicted octanol–water partition coefficient (Wildman–Crippen LogP) is 2.50. The Morgan fingerprint density at radius 3 is 2.44 bits per heavy atom. The molecule has 0 bridgehead atoms. The lowest BCUT2D eigenvalue weighted by Crippen LogP contribution is -2.45. The fourth-order valence-corrected chi connectivity index (χ4v) is 3.34. The van der Waals surface area contributed by atoms with E-state index in [4.69, 9.17) is 5.73 Å². The Balaban J connectivity index is 1.51. The van der Waals surface area contributed by atoms with Gasteiger partial charge < -0.3 is 11.1 Å². The number of rotatable bonds is 5. The van der Waals surface area contributed by atoms with Gasteiger partial charge in [0.2, 0.25) is 0 Å². The molecule has 2 heterocycles. The van der Waals surface area contributed by atoms with Gasteiger partial charge in [0.05, 0.1) is 0 Å². The zero-order valence-corrected chi connectivity index (χ0v) is 14.7. The number of amides is 1. The van der Waals surface area contributed by atoms with Gasteiger partial charge >= 0.3 is 0 Å². The van der Waals surface area contributed by atoms with E-state index in [0.29, 0.717) is 18.2 Å². The molecule has 1 amide bonds. The molecule has 3 N–H and O–H groups in total. The summed E-state index contributed by atoms with van der Waals surface area (Å²) >= 11 is 0. The summed E-state index contributed by atoms with van der Waals surface area (Å²) < 4.78 is 0. The highest BCUT2D eigenvalue weighted by atomic mass is 16.1. The molecular formula is C20H26N4O. The van der Waals surface area contributed by atoms with E-state index in [1.807, 2.05) is 36.7 Å². The van der Waals surface area contributed by atoms with Crippen LogP contribution >= 0.6 is 0 Å². The molecule has 1 saturated heterocycles. The maximum absolute atomic E-state index is 12.4. The van der Waals surface area contributed by atoms with Crippen LogP contribution in [0.4, 0.5) is 0 Å². The number of hydrogen-bond acceptors (Lipinski definition) is 4. The Morgan fingerprint density at radius 1 is 1.20 bits per heavy atom. The van der Waals surface area contributed by atoms with Crippen LogP contribution in [0.5, 0.6) is 0 Å². The Labute approximate surface area is 149 Å². The lowest BCUT2D eigenvalue weighted by Gasteiger charge is -2.36. The standard InChI is InChI=1S/C20H26N4O/c1-15(17-6-10-22-11-7-17)24-12-8-19(9-13-24)23-20(25)18-4-2-16(14-21)3-5-18/h2-7,10-11,15,19H,8-9,12-14,21H2,1H3,(H,23,25). The van der Waals surface area contributed by atoms with Crippen LogP contribution in [0.15, 0.2) is 48.8 Å². The summed E-state index contributed by atoms with van der Waals surface area (Å²) in [7, 11) is 0. The van der Waals surface area contributed by atoms with Crippen LogP contribution in [-0.2, 0) is 6.54 Å². The summed E-state index contributed by atoms with van der Waals surface area (Å²) in [5, 5.41) is 3.17. The molecule has 0 spiro atoms. The van der Waals surface area contributed by atoms with Gasteiger partial charge in [-0.05, 0) is 55.2 Å². The number of aromatic nitrogens is 1. The average Bonchev–Trinajstić information content (AvgIpc) is 2.68. The number of nitrogens with two attached hydrogens (primary N) is 1. The zero-order chi connectivity index (χ0) is 17.6. The smallest absolute Gasteiger partial charge is 0.251 e. The summed E-state index contributed by atoms with van der Waals surface area (Å²) in [6.45, 7) is 4.70. The largest absolute Gasteiger partial charge is 0.349 e. The highest BCUT2D eigenvalue weighted by Crippen LogP contribution is 2.23. The van der Waals surface area contributed by atoms with Crippen LogP contribution in [0, 0.1) is 0 Å². The van der Waals surface area contributed by atoms with E-state index in [9.17, 15) is 4.79 Å². The number of nitrogens with one attached hydrogen (secondary N) is 1. The summed E-state index contributed by atoms with van der Waals surface area (Å²) in [5.41, 5.74) is 8.62. The van der Waals surface area contributed by atoms with Crippen molar-refractivity contribution < 1.29 is 4.79 Å². The summed E-state index contributed by atoms with van der Waals surface area (Å²) in [5.74, 6) is 0.00389. The number of nitrogens with zero attached hydrogens (tertiary/aromatic N) is 2. The number of likely N-dealkylation sites (tertiary alicyclic amines) is 1. The van der Waals surface area contributed by atoms with E-state index in [1.165, 1.54) is 5.56 Å². The molecule has 0 saturated carbocycles. The van der Waals surface area contributed by atoms with Crippen molar-refractivity contribution in [3.63, 3.8) is 0 Å². The molecule has 3 rings (SSSR count). The van der Waals surface area contributed by atoms with Crippen molar-refractivity contribution in [1.82, 2.24) is 15.2 Å². The highest BCUT2D eigenvalue weighted by Gasteiger charge is 2.24. The Hall–Kier alpha value is -2.24. The van der Waals surface area contributed by atoms with E-state index >= 15 is 0 Å². The molecule has 25 heavy (non-hydrogen) atoms. The molecule has 1 unspecified atom stereocenters. The van der Waals surface area contributed by atoms with Crippen molar-refractivity contribution in [3.8, 4) is 0 Å². The number of hydrogen-bond donors (Lipinski definition) is 2. The van der Waals surface area contributed by atoms with Crippen LogP contribution in [0.2, 0.25) is 0 Å². The van der Waals surface area contributed by atoms with E-state index in [-0.39, 0.29) is 11.9 Å². The lowest BCUT2D eigenvalue weighted by molar-refractivity contribution is 0.0896. The zero-order valence-electron chi connectivity index (χ0n) is 14.7. The van der Waals surface area contributed by atoms with Crippen LogP contribution in [0.1, 0.15) is 47.3 Å². The van der Waals surface area contributed by atoms with Gasteiger partial charge in [-0.25, -0.2) is 0 Å². The number of pyridine rings is 1. The Morgan fingerprint density at radius 2 is 1.84 bits per heavy atom. The number of carbonyl (C=O) groups excluding carboxylic acids is 1. The second-order valence-electron chi connectivity index (χ2n) is 6.64. The van der Waals surface area contributed by atoms with E-state index in [1.54, 1.807) is 0 Å². The first kappa shape index (κ1) is 17.6. The summed E-state index contributed by atoms with van der Waals surface area (Å²) in [4.78, 5) is 18.9. The SMILES string of the molecule is CC(c1ccncc1)N1CCC(NC(=O)c2ccc(CN)cc2)CC1. The first-order valence-corrected chi connectivity index (χ1v) is 8.91.